The van der Waals surface area contributed by atoms with E-state index in [1.807, 2.05) is 18.2 Å². The first-order valence-electron chi connectivity index (χ1n) is 8.16. The normalized spacial score (nSPS) is 12.8. The minimum Gasteiger partial charge on any atom is -0.355 e. The summed E-state index contributed by atoms with van der Waals surface area (Å²) in [6, 6.07) is 16.7. The first-order valence-corrected chi connectivity index (χ1v) is 10.6. The molecule has 0 aliphatic rings. The van der Waals surface area contributed by atoms with Crippen molar-refractivity contribution in [2.24, 2.45) is 10.1 Å². The molecule has 148 valence electrons. The average Bonchev–Trinajstić information content (AvgIpc) is 2.62. The fraction of sp³-hybridized carbons (Fsp3) is 0.278. The molecule has 6 nitrogen and oxygen atoms in total. The Morgan fingerprint density at radius 2 is 1.74 bits per heavy atom. The van der Waals surface area contributed by atoms with Crippen LogP contribution in [-0.2, 0) is 16.6 Å². The minimum absolute atomic E-state index is 0. The van der Waals surface area contributed by atoms with E-state index in [2.05, 4.69) is 34.7 Å². The van der Waals surface area contributed by atoms with Gasteiger partial charge in [-0.2, -0.15) is 0 Å². The van der Waals surface area contributed by atoms with Crippen LogP contribution in [0.2, 0.25) is 0 Å². The summed E-state index contributed by atoms with van der Waals surface area (Å²) in [5.74, 6) is 0.695. The van der Waals surface area contributed by atoms with Crippen LogP contribution in [-0.4, -0.2) is 33.2 Å². The fourth-order valence-electron chi connectivity index (χ4n) is 2.22. The van der Waals surface area contributed by atoms with Crippen molar-refractivity contribution in [3.8, 4) is 0 Å². The van der Waals surface area contributed by atoms with Crippen LogP contribution < -0.4 is 15.8 Å². The highest BCUT2D eigenvalue weighted by molar-refractivity contribution is 14.0. The van der Waals surface area contributed by atoms with Gasteiger partial charge in [-0.1, -0.05) is 37.3 Å². The maximum atomic E-state index is 11.3. The first kappa shape index (κ1) is 23.7. The monoisotopic (exact) mass is 520 g/mol. The molecule has 0 radical (unpaired) electrons. The SMILES string of the molecule is CN=C(NCc1ccc(S(N)(=O)=O)cc1)NCC(C)Sc1ccccc1.I. The summed E-state index contributed by atoms with van der Waals surface area (Å²) in [5.41, 5.74) is 0.937. The molecule has 0 aliphatic heterocycles. The van der Waals surface area contributed by atoms with E-state index in [4.69, 9.17) is 5.14 Å². The molecule has 1 unspecified atom stereocenters. The lowest BCUT2D eigenvalue weighted by Gasteiger charge is -2.16. The van der Waals surface area contributed by atoms with Crippen LogP contribution in [0.5, 0.6) is 0 Å². The lowest BCUT2D eigenvalue weighted by molar-refractivity contribution is 0.597. The van der Waals surface area contributed by atoms with Gasteiger partial charge in [-0.3, -0.25) is 4.99 Å². The number of thioether (sulfide) groups is 1. The van der Waals surface area contributed by atoms with Gasteiger partial charge in [-0.05, 0) is 29.8 Å². The number of halogens is 1. The van der Waals surface area contributed by atoms with Crippen LogP contribution >= 0.6 is 35.7 Å². The van der Waals surface area contributed by atoms with E-state index < -0.39 is 10.0 Å². The van der Waals surface area contributed by atoms with Gasteiger partial charge in [0, 0.05) is 30.3 Å². The van der Waals surface area contributed by atoms with Crippen molar-refractivity contribution in [1.82, 2.24) is 10.6 Å². The van der Waals surface area contributed by atoms with Crippen molar-refractivity contribution in [2.45, 2.75) is 28.5 Å². The Labute approximate surface area is 182 Å². The first-order chi connectivity index (χ1) is 12.4. The van der Waals surface area contributed by atoms with Crippen LogP contribution in [0, 0.1) is 0 Å². The highest BCUT2D eigenvalue weighted by atomic mass is 127. The third-order valence-electron chi connectivity index (χ3n) is 3.57. The molecule has 2 rings (SSSR count). The summed E-state index contributed by atoms with van der Waals surface area (Å²) in [4.78, 5) is 5.55. The smallest absolute Gasteiger partial charge is 0.238 e. The second kappa shape index (κ2) is 11.5. The Bertz CT molecular complexity index is 828. The van der Waals surface area contributed by atoms with Crippen LogP contribution in [0.25, 0.3) is 0 Å². The predicted molar refractivity (Wildman–Crippen MR) is 123 cm³/mol. The van der Waals surface area contributed by atoms with Crippen molar-refractivity contribution in [3.63, 3.8) is 0 Å². The van der Waals surface area contributed by atoms with Gasteiger partial charge in [0.05, 0.1) is 4.90 Å². The summed E-state index contributed by atoms with van der Waals surface area (Å²) in [5, 5.41) is 12.0. The maximum Gasteiger partial charge on any atom is 0.238 e. The van der Waals surface area contributed by atoms with Crippen molar-refractivity contribution in [2.75, 3.05) is 13.6 Å². The summed E-state index contributed by atoms with van der Waals surface area (Å²) in [6.45, 7) is 3.46. The Morgan fingerprint density at radius 1 is 1.11 bits per heavy atom. The lowest BCUT2D eigenvalue weighted by atomic mass is 10.2. The number of aliphatic imine (C=N–C) groups is 1. The van der Waals surface area contributed by atoms with Crippen molar-refractivity contribution < 1.29 is 8.42 Å². The minimum atomic E-state index is -3.66. The fourth-order valence-corrected chi connectivity index (χ4v) is 3.68. The highest BCUT2D eigenvalue weighted by Gasteiger charge is 2.08. The van der Waals surface area contributed by atoms with E-state index >= 15 is 0 Å². The van der Waals surface area contributed by atoms with Gasteiger partial charge < -0.3 is 10.6 Å². The summed E-state index contributed by atoms with van der Waals surface area (Å²) in [6.07, 6.45) is 0. The molecule has 0 fully saturated rings. The van der Waals surface area contributed by atoms with Gasteiger partial charge in [0.1, 0.15) is 0 Å². The number of rotatable bonds is 7. The van der Waals surface area contributed by atoms with Gasteiger partial charge in [-0.25, -0.2) is 13.6 Å². The molecular formula is C18H25IN4O2S2. The van der Waals surface area contributed by atoms with E-state index in [1.165, 1.54) is 17.0 Å². The number of hydrogen-bond donors (Lipinski definition) is 3. The van der Waals surface area contributed by atoms with Crippen LogP contribution in [0.1, 0.15) is 12.5 Å². The molecule has 0 saturated carbocycles. The molecule has 0 aliphatic carbocycles. The molecule has 0 aromatic heterocycles. The largest absolute Gasteiger partial charge is 0.355 e. The second-order valence-corrected chi connectivity index (χ2v) is 8.81. The molecular weight excluding hydrogens is 495 g/mol. The average molecular weight is 520 g/mol. The molecule has 27 heavy (non-hydrogen) atoms. The van der Waals surface area contributed by atoms with E-state index in [1.54, 1.807) is 30.9 Å². The van der Waals surface area contributed by atoms with Crippen molar-refractivity contribution in [1.29, 1.82) is 0 Å². The third-order valence-corrected chi connectivity index (χ3v) is 5.62. The van der Waals surface area contributed by atoms with E-state index in [0.717, 1.165) is 12.1 Å². The number of nitrogens with zero attached hydrogens (tertiary/aromatic N) is 1. The zero-order valence-corrected chi connectivity index (χ0v) is 19.2. The number of sulfonamides is 1. The van der Waals surface area contributed by atoms with Crippen molar-refractivity contribution in [3.05, 3.63) is 60.2 Å². The maximum absolute atomic E-state index is 11.3. The number of guanidine groups is 1. The molecule has 0 spiro atoms. The number of hydrogen-bond acceptors (Lipinski definition) is 4. The zero-order chi connectivity index (χ0) is 19.0. The van der Waals surface area contributed by atoms with Gasteiger partial charge in [0.15, 0.2) is 5.96 Å². The molecule has 2 aromatic carbocycles. The molecule has 0 bridgehead atoms. The molecule has 0 amide bonds. The van der Waals surface area contributed by atoms with E-state index in [0.29, 0.717) is 17.8 Å². The molecule has 9 heteroatoms. The van der Waals surface area contributed by atoms with Crippen LogP contribution in [0.15, 0.2) is 69.4 Å². The Balaban J connectivity index is 0.00000364. The Morgan fingerprint density at radius 3 is 2.30 bits per heavy atom. The summed E-state index contributed by atoms with van der Waals surface area (Å²) < 4.78 is 22.5. The van der Waals surface area contributed by atoms with Crippen molar-refractivity contribution >= 4 is 51.7 Å². The van der Waals surface area contributed by atoms with E-state index in [9.17, 15) is 8.42 Å². The Hall–Kier alpha value is -1.30. The number of primary sulfonamides is 1. The van der Waals surface area contributed by atoms with Gasteiger partial charge >= 0.3 is 0 Å². The van der Waals surface area contributed by atoms with E-state index in [-0.39, 0.29) is 28.9 Å². The van der Waals surface area contributed by atoms with Gasteiger partial charge in [0.2, 0.25) is 10.0 Å². The van der Waals surface area contributed by atoms with Gasteiger partial charge in [-0.15, -0.1) is 35.7 Å². The molecule has 0 saturated heterocycles. The molecule has 4 N–H and O–H groups in total. The highest BCUT2D eigenvalue weighted by Crippen LogP contribution is 2.21. The standard InChI is InChI=1S/C18H24N4O2S2.HI/c1-14(25-16-6-4-3-5-7-16)12-21-18(20-2)22-13-15-8-10-17(11-9-15)26(19,23)24;/h3-11,14H,12-13H2,1-2H3,(H2,19,23,24)(H2,20,21,22);1H. The lowest BCUT2D eigenvalue weighted by Crippen LogP contribution is -2.39. The quantitative estimate of drug-likeness (QED) is 0.226. The third kappa shape index (κ3) is 8.50. The van der Waals surface area contributed by atoms with Crippen LogP contribution in [0.4, 0.5) is 0 Å². The van der Waals surface area contributed by atoms with Crippen LogP contribution in [0.3, 0.4) is 0 Å². The predicted octanol–water partition coefficient (Wildman–Crippen LogP) is 2.80. The summed E-state index contributed by atoms with van der Waals surface area (Å²) >= 11 is 1.80. The summed E-state index contributed by atoms with van der Waals surface area (Å²) in [7, 11) is -1.94. The Kier molecular flexibility index (Phi) is 10.1. The molecule has 1 atom stereocenters. The number of nitrogens with one attached hydrogen (secondary N) is 2. The topological polar surface area (TPSA) is 96.6 Å². The number of nitrogens with two attached hydrogens (primary N) is 1. The second-order valence-electron chi connectivity index (χ2n) is 5.74. The molecule has 2 aromatic rings. The number of benzene rings is 2. The van der Waals surface area contributed by atoms with Gasteiger partial charge in [0.25, 0.3) is 0 Å². The zero-order valence-electron chi connectivity index (χ0n) is 15.3. The molecule has 0 heterocycles.